The first-order chi connectivity index (χ1) is 12.8. The Hall–Kier alpha value is -2.25. The summed E-state index contributed by atoms with van der Waals surface area (Å²) in [6, 6.07) is 12.5. The van der Waals surface area contributed by atoms with Crippen molar-refractivity contribution >= 4 is 15.9 Å². The van der Waals surface area contributed by atoms with E-state index in [1.807, 2.05) is 12.1 Å². The number of rotatable bonds is 9. The lowest BCUT2D eigenvalue weighted by Crippen LogP contribution is -2.35. The third-order valence-corrected chi connectivity index (χ3v) is 5.37. The summed E-state index contributed by atoms with van der Waals surface area (Å²) in [5.74, 6) is -0.103. The van der Waals surface area contributed by atoms with Gasteiger partial charge in [-0.2, -0.15) is 0 Å². The van der Waals surface area contributed by atoms with E-state index < -0.39 is 10.0 Å². The molecule has 0 aliphatic carbocycles. The molecule has 27 heavy (non-hydrogen) atoms. The van der Waals surface area contributed by atoms with Crippen LogP contribution in [0.3, 0.4) is 0 Å². The lowest BCUT2D eigenvalue weighted by atomic mass is 10.0. The highest BCUT2D eigenvalue weighted by Crippen LogP contribution is 2.13. The molecule has 0 fully saturated rings. The first-order valence-electron chi connectivity index (χ1n) is 8.86. The number of halogens is 1. The molecule has 146 valence electrons. The molecule has 0 saturated carbocycles. The van der Waals surface area contributed by atoms with Crippen molar-refractivity contribution < 1.29 is 17.6 Å². The van der Waals surface area contributed by atoms with E-state index >= 15 is 0 Å². The van der Waals surface area contributed by atoms with E-state index in [1.165, 1.54) is 12.1 Å². The molecule has 5 nitrogen and oxygen atoms in total. The molecule has 0 bridgehead atoms. The number of nitrogens with one attached hydrogen (secondary N) is 2. The van der Waals surface area contributed by atoms with Gasteiger partial charge in [0.1, 0.15) is 5.82 Å². The van der Waals surface area contributed by atoms with E-state index in [1.54, 1.807) is 24.3 Å². The monoisotopic (exact) mass is 392 g/mol. The lowest BCUT2D eigenvalue weighted by molar-refractivity contribution is -0.120. The van der Waals surface area contributed by atoms with Crippen LogP contribution in [0.15, 0.2) is 53.4 Å². The summed E-state index contributed by atoms with van der Waals surface area (Å²) < 4.78 is 39.9. The molecule has 0 aromatic heterocycles. The van der Waals surface area contributed by atoms with Crippen LogP contribution in [-0.2, 0) is 27.7 Å². The fourth-order valence-electron chi connectivity index (χ4n) is 2.60. The second-order valence-corrected chi connectivity index (χ2v) is 8.56. The number of carbonyl (C=O) groups is 1. The summed E-state index contributed by atoms with van der Waals surface area (Å²) in [5.41, 5.74) is 1.79. The van der Waals surface area contributed by atoms with Gasteiger partial charge < -0.3 is 5.32 Å². The number of benzene rings is 2. The molecule has 2 rings (SSSR count). The van der Waals surface area contributed by atoms with E-state index in [2.05, 4.69) is 23.9 Å². The molecule has 0 aliphatic heterocycles. The van der Waals surface area contributed by atoms with Crippen molar-refractivity contribution in [2.45, 2.75) is 31.6 Å². The van der Waals surface area contributed by atoms with Crippen molar-refractivity contribution in [3.05, 3.63) is 65.5 Å². The van der Waals surface area contributed by atoms with Gasteiger partial charge >= 0.3 is 0 Å². The Morgan fingerprint density at radius 2 is 1.56 bits per heavy atom. The highest BCUT2D eigenvalue weighted by atomic mass is 32.2. The number of amides is 1. The van der Waals surface area contributed by atoms with Gasteiger partial charge in [0.25, 0.3) is 0 Å². The van der Waals surface area contributed by atoms with Crippen molar-refractivity contribution in [3.63, 3.8) is 0 Å². The molecule has 0 radical (unpaired) electrons. The summed E-state index contributed by atoms with van der Waals surface area (Å²) in [6.45, 7) is 4.48. The number of carbonyl (C=O) groups excluding carboxylic acids is 1. The second-order valence-electron chi connectivity index (χ2n) is 6.79. The summed E-state index contributed by atoms with van der Waals surface area (Å²) >= 11 is 0. The van der Waals surface area contributed by atoms with Crippen LogP contribution in [0.2, 0.25) is 0 Å². The Morgan fingerprint density at radius 3 is 2.15 bits per heavy atom. The molecular formula is C20H25FN2O3S. The smallest absolute Gasteiger partial charge is 0.240 e. The summed E-state index contributed by atoms with van der Waals surface area (Å²) in [5, 5.41) is 2.64. The quantitative estimate of drug-likeness (QED) is 0.644. The number of sulfonamides is 1. The van der Waals surface area contributed by atoms with Crippen molar-refractivity contribution in [2.75, 3.05) is 13.1 Å². The Labute approximate surface area is 160 Å². The fourth-order valence-corrected chi connectivity index (χ4v) is 3.63. The van der Waals surface area contributed by atoms with Gasteiger partial charge in [-0.15, -0.1) is 0 Å². The minimum Gasteiger partial charge on any atom is -0.355 e. The average molecular weight is 392 g/mol. The van der Waals surface area contributed by atoms with Crippen LogP contribution >= 0.6 is 0 Å². The van der Waals surface area contributed by atoms with E-state index in [4.69, 9.17) is 0 Å². The minimum atomic E-state index is -3.61. The maximum Gasteiger partial charge on any atom is 0.240 e. The van der Waals surface area contributed by atoms with Crippen LogP contribution in [0.25, 0.3) is 0 Å². The Morgan fingerprint density at radius 1 is 0.963 bits per heavy atom. The normalized spacial score (nSPS) is 11.6. The molecule has 0 aliphatic rings. The van der Waals surface area contributed by atoms with Crippen LogP contribution in [0.1, 0.15) is 25.0 Å². The van der Waals surface area contributed by atoms with Gasteiger partial charge in [-0.1, -0.05) is 38.1 Å². The molecular weight excluding hydrogens is 367 g/mol. The zero-order valence-corrected chi connectivity index (χ0v) is 16.4. The maximum absolute atomic E-state index is 12.8. The van der Waals surface area contributed by atoms with Crippen molar-refractivity contribution in [2.24, 2.45) is 5.92 Å². The van der Waals surface area contributed by atoms with E-state index in [9.17, 15) is 17.6 Å². The largest absolute Gasteiger partial charge is 0.355 e. The Bertz CT molecular complexity index is 848. The van der Waals surface area contributed by atoms with Gasteiger partial charge in [0, 0.05) is 13.1 Å². The van der Waals surface area contributed by atoms with E-state index in [0.29, 0.717) is 11.5 Å². The summed E-state index contributed by atoms with van der Waals surface area (Å²) in [7, 11) is -3.61. The zero-order chi connectivity index (χ0) is 19.9. The molecule has 0 atom stereocenters. The van der Waals surface area contributed by atoms with Crippen LogP contribution in [0.5, 0.6) is 0 Å². The minimum absolute atomic E-state index is 0.0885. The molecule has 0 saturated heterocycles. The average Bonchev–Trinajstić information content (AvgIpc) is 2.61. The third kappa shape index (κ3) is 7.11. The third-order valence-electron chi connectivity index (χ3n) is 3.89. The second kappa shape index (κ2) is 9.62. The Kier molecular flexibility index (Phi) is 7.50. The Balaban J connectivity index is 1.78. The van der Waals surface area contributed by atoms with Crippen molar-refractivity contribution in [3.8, 4) is 0 Å². The van der Waals surface area contributed by atoms with E-state index in [-0.39, 0.29) is 36.1 Å². The van der Waals surface area contributed by atoms with Crippen LogP contribution in [0.4, 0.5) is 4.39 Å². The molecule has 0 unspecified atom stereocenters. The summed E-state index contributed by atoms with van der Waals surface area (Å²) in [4.78, 5) is 12.0. The first-order valence-corrected chi connectivity index (χ1v) is 10.3. The van der Waals surface area contributed by atoms with Crippen LogP contribution in [-0.4, -0.2) is 27.4 Å². The van der Waals surface area contributed by atoms with Gasteiger partial charge in [0.2, 0.25) is 15.9 Å². The maximum atomic E-state index is 12.8. The molecule has 2 aromatic rings. The fraction of sp³-hybridized carbons (Fsp3) is 0.350. The molecule has 0 heterocycles. The van der Waals surface area contributed by atoms with Gasteiger partial charge in [-0.25, -0.2) is 17.5 Å². The lowest BCUT2D eigenvalue weighted by Gasteiger charge is -2.10. The van der Waals surface area contributed by atoms with Crippen LogP contribution < -0.4 is 10.0 Å². The highest BCUT2D eigenvalue weighted by Gasteiger charge is 2.13. The predicted molar refractivity (Wildman–Crippen MR) is 103 cm³/mol. The molecule has 2 N–H and O–H groups in total. The molecule has 1 amide bonds. The standard InChI is InChI=1S/C20H25FN2O3S/c1-15(2)13-16-5-9-19(10-6-16)27(25,26)23-12-11-22-20(24)14-17-3-7-18(21)8-4-17/h3-10,15,23H,11-14H2,1-2H3,(H,22,24). The van der Waals surface area contributed by atoms with Gasteiger partial charge in [0.05, 0.1) is 11.3 Å². The molecule has 7 heteroatoms. The molecule has 0 spiro atoms. The summed E-state index contributed by atoms with van der Waals surface area (Å²) in [6.07, 6.45) is 1.01. The van der Waals surface area contributed by atoms with Gasteiger partial charge in [0.15, 0.2) is 0 Å². The van der Waals surface area contributed by atoms with E-state index in [0.717, 1.165) is 12.0 Å². The number of hydrogen-bond acceptors (Lipinski definition) is 3. The van der Waals surface area contributed by atoms with Gasteiger partial charge in [-0.3, -0.25) is 4.79 Å². The van der Waals surface area contributed by atoms with Crippen LogP contribution in [0, 0.1) is 11.7 Å². The molecule has 2 aromatic carbocycles. The van der Waals surface area contributed by atoms with Gasteiger partial charge in [-0.05, 0) is 47.7 Å². The highest BCUT2D eigenvalue weighted by molar-refractivity contribution is 7.89. The van der Waals surface area contributed by atoms with Crippen molar-refractivity contribution in [1.29, 1.82) is 0 Å². The number of hydrogen-bond donors (Lipinski definition) is 2. The first kappa shape index (κ1) is 21.1. The zero-order valence-electron chi connectivity index (χ0n) is 15.5. The SMILES string of the molecule is CC(C)Cc1ccc(S(=O)(=O)NCCNC(=O)Cc2ccc(F)cc2)cc1. The van der Waals surface area contributed by atoms with Crippen molar-refractivity contribution in [1.82, 2.24) is 10.0 Å². The predicted octanol–water partition coefficient (Wildman–Crippen LogP) is 2.66. The topological polar surface area (TPSA) is 75.3 Å².